The zero-order valence-corrected chi connectivity index (χ0v) is 11.4. The Morgan fingerprint density at radius 3 is 1.21 bits per heavy atom. The molecular formula is C10H9F13O. The van der Waals surface area contributed by atoms with Gasteiger partial charge in [-0.1, -0.05) is 13.3 Å². The Labute approximate surface area is 125 Å². The maximum absolute atomic E-state index is 13.4. The summed E-state index contributed by atoms with van der Waals surface area (Å²) in [5.74, 6) is -15.4. The fraction of sp³-hybridized carbons (Fsp3) is 1.00. The van der Waals surface area contributed by atoms with Gasteiger partial charge >= 0.3 is 36.0 Å². The number of hydrogen-bond donors (Lipinski definition) is 0. The van der Waals surface area contributed by atoms with Gasteiger partial charge in [0.25, 0.3) is 0 Å². The van der Waals surface area contributed by atoms with E-state index in [4.69, 9.17) is 0 Å². The standard InChI is InChI=1S/C10H9F13O/c1-2-3-4-24-5(8(15,16)17,9(18,19)20)6(11,12)7(13,14)10(21,22)23/h2-4H2,1H3. The molecule has 0 aromatic carbocycles. The smallest absolute Gasteiger partial charge is 0.353 e. The van der Waals surface area contributed by atoms with Gasteiger partial charge in [-0.15, -0.1) is 0 Å². The fourth-order valence-corrected chi connectivity index (χ4v) is 1.54. The Balaban J connectivity index is 6.59. The number of halogens is 13. The first-order chi connectivity index (χ1) is 10.3. The van der Waals surface area contributed by atoms with Crippen molar-refractivity contribution in [3.63, 3.8) is 0 Å². The van der Waals surface area contributed by atoms with Crippen LogP contribution in [0.5, 0.6) is 0 Å². The predicted molar refractivity (Wildman–Crippen MR) is 51.7 cm³/mol. The molecule has 0 aromatic heterocycles. The van der Waals surface area contributed by atoms with E-state index in [0.717, 1.165) is 6.92 Å². The summed E-state index contributed by atoms with van der Waals surface area (Å²) >= 11 is 0. The van der Waals surface area contributed by atoms with Gasteiger partial charge in [0, 0.05) is 6.61 Å². The molecule has 0 radical (unpaired) electrons. The van der Waals surface area contributed by atoms with Crippen molar-refractivity contribution in [1.29, 1.82) is 0 Å². The molecule has 1 nitrogen and oxygen atoms in total. The van der Waals surface area contributed by atoms with Crippen LogP contribution < -0.4 is 0 Å². The van der Waals surface area contributed by atoms with E-state index in [1.54, 1.807) is 0 Å². The lowest BCUT2D eigenvalue weighted by molar-refractivity contribution is -0.481. The van der Waals surface area contributed by atoms with Gasteiger partial charge in [0.05, 0.1) is 0 Å². The molecule has 0 amide bonds. The Bertz CT molecular complexity index is 402. The van der Waals surface area contributed by atoms with E-state index >= 15 is 0 Å². The van der Waals surface area contributed by atoms with Gasteiger partial charge in [0.15, 0.2) is 0 Å². The molecule has 0 aromatic rings. The van der Waals surface area contributed by atoms with E-state index < -0.39 is 49.0 Å². The molecule has 0 saturated heterocycles. The molecule has 0 saturated carbocycles. The zero-order chi connectivity index (χ0) is 19.8. The van der Waals surface area contributed by atoms with Gasteiger partial charge in [-0.05, 0) is 6.42 Å². The molecular weight excluding hydrogens is 383 g/mol. The van der Waals surface area contributed by atoms with Crippen LogP contribution in [0.4, 0.5) is 57.1 Å². The maximum atomic E-state index is 13.4. The van der Waals surface area contributed by atoms with E-state index in [1.165, 1.54) is 0 Å². The average molecular weight is 392 g/mol. The second-order valence-corrected chi connectivity index (χ2v) is 4.53. The normalized spacial score (nSPS) is 15.8. The van der Waals surface area contributed by atoms with E-state index in [-0.39, 0.29) is 6.42 Å². The van der Waals surface area contributed by atoms with Crippen LogP contribution in [0, 0.1) is 0 Å². The van der Waals surface area contributed by atoms with Gasteiger partial charge in [0.2, 0.25) is 0 Å². The predicted octanol–water partition coefficient (Wildman–Crippen LogP) is 5.50. The first-order valence-corrected chi connectivity index (χ1v) is 5.91. The summed E-state index contributed by atoms with van der Waals surface area (Å²) in [6, 6.07) is 0. The third kappa shape index (κ3) is 3.38. The number of hydrogen-bond acceptors (Lipinski definition) is 1. The SMILES string of the molecule is CCCCOC(C(F)(F)F)(C(F)(F)F)C(F)(F)C(F)(F)C(F)(F)F. The summed E-state index contributed by atoms with van der Waals surface area (Å²) in [7, 11) is 0. The third-order valence-corrected chi connectivity index (χ3v) is 2.81. The quantitative estimate of drug-likeness (QED) is 0.429. The van der Waals surface area contributed by atoms with E-state index in [2.05, 4.69) is 4.74 Å². The van der Waals surface area contributed by atoms with Crippen molar-refractivity contribution < 1.29 is 61.8 Å². The first kappa shape index (κ1) is 23.1. The van der Waals surface area contributed by atoms with E-state index in [9.17, 15) is 57.1 Å². The van der Waals surface area contributed by atoms with Gasteiger partial charge in [-0.2, -0.15) is 57.1 Å². The Hall–Kier alpha value is -0.950. The maximum Gasteiger partial charge on any atom is 0.460 e. The number of rotatable bonds is 6. The van der Waals surface area contributed by atoms with Gasteiger partial charge < -0.3 is 4.74 Å². The topological polar surface area (TPSA) is 9.23 Å². The molecule has 0 fully saturated rings. The van der Waals surface area contributed by atoms with Crippen LogP contribution in [0.15, 0.2) is 0 Å². The van der Waals surface area contributed by atoms with Crippen molar-refractivity contribution in [2.75, 3.05) is 6.61 Å². The van der Waals surface area contributed by atoms with Gasteiger partial charge in [-0.3, -0.25) is 0 Å². The first-order valence-electron chi connectivity index (χ1n) is 5.91. The molecule has 0 aliphatic heterocycles. The Morgan fingerprint density at radius 1 is 0.583 bits per heavy atom. The van der Waals surface area contributed by atoms with Crippen LogP contribution >= 0.6 is 0 Å². The molecule has 0 unspecified atom stereocenters. The minimum absolute atomic E-state index is 0.215. The summed E-state index contributed by atoms with van der Waals surface area (Å²) in [4.78, 5) is 0. The van der Waals surface area contributed by atoms with Crippen LogP contribution in [0.3, 0.4) is 0 Å². The van der Waals surface area contributed by atoms with Crippen LogP contribution in [0.1, 0.15) is 19.8 Å². The van der Waals surface area contributed by atoms with Crippen molar-refractivity contribution in [2.24, 2.45) is 0 Å². The second-order valence-electron chi connectivity index (χ2n) is 4.53. The monoisotopic (exact) mass is 392 g/mol. The van der Waals surface area contributed by atoms with Crippen LogP contribution in [0.2, 0.25) is 0 Å². The van der Waals surface area contributed by atoms with Crippen molar-refractivity contribution in [3.8, 4) is 0 Å². The fourth-order valence-electron chi connectivity index (χ4n) is 1.54. The lowest BCUT2D eigenvalue weighted by Gasteiger charge is -2.44. The highest BCUT2D eigenvalue weighted by molar-refractivity contribution is 5.13. The molecule has 24 heavy (non-hydrogen) atoms. The largest absolute Gasteiger partial charge is 0.460 e. The highest BCUT2D eigenvalue weighted by Gasteiger charge is 2.93. The highest BCUT2D eigenvalue weighted by atomic mass is 19.4. The van der Waals surface area contributed by atoms with Crippen molar-refractivity contribution >= 4 is 0 Å². The Kier molecular flexibility index (Phi) is 6.15. The molecule has 0 aliphatic carbocycles. The van der Waals surface area contributed by atoms with Crippen molar-refractivity contribution in [1.82, 2.24) is 0 Å². The Morgan fingerprint density at radius 2 is 0.958 bits per heavy atom. The number of alkyl halides is 13. The average Bonchev–Trinajstić information content (AvgIpc) is 2.29. The molecule has 0 atom stereocenters. The van der Waals surface area contributed by atoms with Crippen molar-refractivity contribution in [2.45, 2.75) is 55.7 Å². The van der Waals surface area contributed by atoms with Crippen LogP contribution in [-0.4, -0.2) is 42.6 Å². The van der Waals surface area contributed by atoms with E-state index in [1.807, 2.05) is 0 Å². The third-order valence-electron chi connectivity index (χ3n) is 2.81. The molecule has 0 heterocycles. The summed E-state index contributed by atoms with van der Waals surface area (Å²) in [6.07, 6.45) is -23.0. The lowest BCUT2D eigenvalue weighted by Crippen LogP contribution is -2.76. The summed E-state index contributed by atoms with van der Waals surface area (Å²) < 4.78 is 168. The van der Waals surface area contributed by atoms with Crippen molar-refractivity contribution in [3.05, 3.63) is 0 Å². The van der Waals surface area contributed by atoms with Crippen LogP contribution in [-0.2, 0) is 4.74 Å². The van der Waals surface area contributed by atoms with Crippen LogP contribution in [0.25, 0.3) is 0 Å². The second kappa shape index (κ2) is 6.41. The number of unbranched alkanes of at least 4 members (excludes halogenated alkanes) is 1. The lowest BCUT2D eigenvalue weighted by atomic mass is 9.88. The molecule has 146 valence electrons. The molecule has 0 N–H and O–H groups in total. The molecule has 14 heteroatoms. The molecule has 0 spiro atoms. The summed E-state index contributed by atoms with van der Waals surface area (Å²) in [5, 5.41) is 0. The molecule has 0 aliphatic rings. The molecule has 0 rings (SSSR count). The summed E-state index contributed by atoms with van der Waals surface area (Å²) in [6.45, 7) is -0.617. The van der Waals surface area contributed by atoms with Gasteiger partial charge in [-0.25, -0.2) is 0 Å². The zero-order valence-electron chi connectivity index (χ0n) is 11.4. The minimum Gasteiger partial charge on any atom is -0.353 e. The number of ether oxygens (including phenoxy) is 1. The highest BCUT2D eigenvalue weighted by Crippen LogP contribution is 2.61. The van der Waals surface area contributed by atoms with E-state index in [0.29, 0.717) is 0 Å². The van der Waals surface area contributed by atoms with Gasteiger partial charge in [0.1, 0.15) is 0 Å². The minimum atomic E-state index is -7.72. The molecule has 0 bridgehead atoms. The summed E-state index contributed by atoms with van der Waals surface area (Å²) in [5.41, 5.74) is -7.04.